The number of ketones is 1. The molecule has 4 atom stereocenters. The molecule has 2 heteroatoms. The third-order valence-electron chi connectivity index (χ3n) is 5.22. The first-order chi connectivity index (χ1) is 7.34. The van der Waals surface area contributed by atoms with Crippen LogP contribution < -0.4 is 0 Å². The number of allylic oxidation sites excluding steroid dienone is 1. The summed E-state index contributed by atoms with van der Waals surface area (Å²) in [5.74, 6) is 1.42. The van der Waals surface area contributed by atoms with Crippen LogP contribution in [-0.4, -0.2) is 17.0 Å². The fraction of sp³-hybridized carbons (Fsp3) is 0.786. The molecule has 2 nitrogen and oxygen atoms in total. The van der Waals surface area contributed by atoms with E-state index >= 15 is 0 Å². The first-order valence-electron chi connectivity index (χ1n) is 6.28. The zero-order chi connectivity index (χ0) is 11.7. The molecule has 3 aliphatic carbocycles. The van der Waals surface area contributed by atoms with Gasteiger partial charge in [0, 0.05) is 11.8 Å². The van der Waals surface area contributed by atoms with Crippen molar-refractivity contribution in [3.8, 4) is 0 Å². The van der Waals surface area contributed by atoms with Crippen LogP contribution in [0, 0.1) is 22.7 Å². The normalized spacial score (nSPS) is 49.1. The van der Waals surface area contributed by atoms with Crippen molar-refractivity contribution in [2.75, 3.05) is 0 Å². The molecule has 0 amide bonds. The molecule has 3 rings (SSSR count). The molecule has 0 aromatic rings. The molecule has 2 saturated carbocycles. The van der Waals surface area contributed by atoms with E-state index in [1.165, 1.54) is 0 Å². The van der Waals surface area contributed by atoms with Crippen molar-refractivity contribution in [1.29, 1.82) is 0 Å². The molecule has 0 aromatic heterocycles. The number of aliphatic hydroxyl groups is 1. The van der Waals surface area contributed by atoms with Crippen molar-refractivity contribution in [3.05, 3.63) is 11.6 Å². The summed E-state index contributed by atoms with van der Waals surface area (Å²) in [6.07, 6.45) is 4.70. The van der Waals surface area contributed by atoms with Gasteiger partial charge in [0.15, 0.2) is 0 Å². The molecule has 0 unspecified atom stereocenters. The Morgan fingerprint density at radius 3 is 2.69 bits per heavy atom. The van der Waals surface area contributed by atoms with Crippen molar-refractivity contribution in [2.45, 2.75) is 46.1 Å². The van der Waals surface area contributed by atoms with E-state index in [0.717, 1.165) is 24.8 Å². The maximum Gasteiger partial charge on any atom is 0.143 e. The molecule has 0 aromatic carbocycles. The summed E-state index contributed by atoms with van der Waals surface area (Å²) in [4.78, 5) is 11.7. The summed E-state index contributed by atoms with van der Waals surface area (Å²) in [6, 6.07) is 0. The van der Waals surface area contributed by atoms with Gasteiger partial charge in [0.2, 0.25) is 0 Å². The Bertz CT molecular complexity index is 394. The molecule has 0 aliphatic heterocycles. The van der Waals surface area contributed by atoms with E-state index in [-0.39, 0.29) is 16.9 Å². The third kappa shape index (κ3) is 1.09. The minimum absolute atomic E-state index is 0.0142. The van der Waals surface area contributed by atoms with Gasteiger partial charge in [0.05, 0.1) is 6.10 Å². The second-order valence-electron chi connectivity index (χ2n) is 6.78. The number of hydrogen-bond donors (Lipinski definition) is 1. The molecule has 3 aliphatic rings. The van der Waals surface area contributed by atoms with Crippen molar-refractivity contribution in [1.82, 2.24) is 0 Å². The average molecular weight is 220 g/mol. The van der Waals surface area contributed by atoms with E-state index in [4.69, 9.17) is 0 Å². The molecular weight excluding hydrogens is 200 g/mol. The van der Waals surface area contributed by atoms with Crippen LogP contribution in [0.1, 0.15) is 40.0 Å². The minimum atomic E-state index is -0.344. The largest absolute Gasteiger partial charge is 0.388 e. The van der Waals surface area contributed by atoms with Gasteiger partial charge >= 0.3 is 0 Å². The first-order valence-corrected chi connectivity index (χ1v) is 6.28. The van der Waals surface area contributed by atoms with Gasteiger partial charge in [-0.15, -0.1) is 0 Å². The standard InChI is InChI=1S/C14H20O2/c1-13(2)6-8-4-9-5-11(15)14(9,3)7-10(8)12(13)16/h7-9,12,16H,4-6H2,1-3H3/t8-,9-,12+,14-/m1/s1. The summed E-state index contributed by atoms with van der Waals surface area (Å²) in [5.41, 5.74) is 0.893. The molecular formula is C14H20O2. The van der Waals surface area contributed by atoms with Crippen LogP contribution >= 0.6 is 0 Å². The second-order valence-corrected chi connectivity index (χ2v) is 6.78. The van der Waals surface area contributed by atoms with Crippen molar-refractivity contribution in [2.24, 2.45) is 22.7 Å². The smallest absolute Gasteiger partial charge is 0.143 e. The Balaban J connectivity index is 2.01. The van der Waals surface area contributed by atoms with Gasteiger partial charge in [-0.1, -0.05) is 19.9 Å². The van der Waals surface area contributed by atoms with Gasteiger partial charge in [0.25, 0.3) is 0 Å². The van der Waals surface area contributed by atoms with Crippen molar-refractivity contribution in [3.63, 3.8) is 0 Å². The Hall–Kier alpha value is -0.630. The topological polar surface area (TPSA) is 37.3 Å². The fourth-order valence-corrected chi connectivity index (χ4v) is 3.92. The quantitative estimate of drug-likeness (QED) is 0.636. The SMILES string of the molecule is CC1(C)C[C@H]2C[C@@H]3CC(=O)[C@]3(C)C=C2[C@@H]1O. The molecule has 2 fully saturated rings. The second kappa shape index (κ2) is 2.79. The van der Waals surface area contributed by atoms with Gasteiger partial charge in [-0.2, -0.15) is 0 Å². The molecule has 0 spiro atoms. The van der Waals surface area contributed by atoms with Crippen LogP contribution in [0.25, 0.3) is 0 Å². The highest BCUT2D eigenvalue weighted by molar-refractivity contribution is 5.93. The maximum atomic E-state index is 11.7. The fourth-order valence-electron chi connectivity index (χ4n) is 3.92. The van der Waals surface area contributed by atoms with Crippen molar-refractivity contribution >= 4 is 5.78 Å². The highest BCUT2D eigenvalue weighted by Gasteiger charge is 2.56. The van der Waals surface area contributed by atoms with Gasteiger partial charge in [0.1, 0.15) is 5.78 Å². The summed E-state index contributed by atoms with van der Waals surface area (Å²) < 4.78 is 0. The monoisotopic (exact) mass is 220 g/mol. The summed E-state index contributed by atoms with van der Waals surface area (Å²) in [5, 5.41) is 10.3. The molecule has 0 bridgehead atoms. The molecule has 0 radical (unpaired) electrons. The zero-order valence-electron chi connectivity index (χ0n) is 10.3. The van der Waals surface area contributed by atoms with E-state index in [1.807, 2.05) is 6.92 Å². The molecule has 0 saturated heterocycles. The Morgan fingerprint density at radius 2 is 2.06 bits per heavy atom. The van der Waals surface area contributed by atoms with Crippen LogP contribution in [0.15, 0.2) is 11.6 Å². The van der Waals surface area contributed by atoms with Crippen molar-refractivity contribution < 1.29 is 9.90 Å². The van der Waals surface area contributed by atoms with Gasteiger partial charge in [-0.05, 0) is 42.6 Å². The number of aliphatic hydroxyl groups excluding tert-OH is 1. The Kier molecular flexibility index (Phi) is 1.83. The molecule has 16 heavy (non-hydrogen) atoms. The number of carbonyl (C=O) groups excluding carboxylic acids is 1. The van der Waals surface area contributed by atoms with Gasteiger partial charge < -0.3 is 5.11 Å². The van der Waals surface area contributed by atoms with Crippen LogP contribution in [0.5, 0.6) is 0 Å². The van der Waals surface area contributed by atoms with Crippen LogP contribution in [0.3, 0.4) is 0 Å². The molecule has 1 N–H and O–H groups in total. The lowest BCUT2D eigenvalue weighted by molar-refractivity contribution is -0.141. The predicted octanol–water partition coefficient (Wildman–Crippen LogP) is 2.32. The highest BCUT2D eigenvalue weighted by atomic mass is 16.3. The summed E-state index contributed by atoms with van der Waals surface area (Å²) in [7, 11) is 0. The number of hydrogen-bond acceptors (Lipinski definition) is 2. The highest BCUT2D eigenvalue weighted by Crippen LogP contribution is 2.58. The first kappa shape index (κ1) is 10.5. The molecule has 0 heterocycles. The van der Waals surface area contributed by atoms with E-state index in [0.29, 0.717) is 17.6 Å². The van der Waals surface area contributed by atoms with Gasteiger partial charge in [-0.3, -0.25) is 4.79 Å². The number of rotatable bonds is 0. The summed E-state index contributed by atoms with van der Waals surface area (Å²) in [6.45, 7) is 6.30. The van der Waals surface area contributed by atoms with E-state index in [2.05, 4.69) is 19.9 Å². The van der Waals surface area contributed by atoms with E-state index in [1.54, 1.807) is 0 Å². The third-order valence-corrected chi connectivity index (χ3v) is 5.22. The number of fused-ring (bicyclic) bond motifs is 2. The Morgan fingerprint density at radius 1 is 1.38 bits per heavy atom. The van der Waals surface area contributed by atoms with E-state index in [9.17, 15) is 9.90 Å². The predicted molar refractivity (Wildman–Crippen MR) is 61.8 cm³/mol. The molecule has 88 valence electrons. The lowest BCUT2D eigenvalue weighted by Crippen LogP contribution is -2.49. The maximum absolute atomic E-state index is 11.7. The van der Waals surface area contributed by atoms with Gasteiger partial charge in [-0.25, -0.2) is 0 Å². The Labute approximate surface area is 96.7 Å². The minimum Gasteiger partial charge on any atom is -0.388 e. The number of carbonyl (C=O) groups is 1. The van der Waals surface area contributed by atoms with Crippen LogP contribution in [-0.2, 0) is 4.79 Å². The van der Waals surface area contributed by atoms with Crippen LogP contribution in [0.4, 0.5) is 0 Å². The lowest BCUT2D eigenvalue weighted by Gasteiger charge is -2.48. The summed E-state index contributed by atoms with van der Waals surface area (Å²) >= 11 is 0. The van der Waals surface area contributed by atoms with E-state index < -0.39 is 0 Å². The zero-order valence-corrected chi connectivity index (χ0v) is 10.3. The van der Waals surface area contributed by atoms with Crippen LogP contribution in [0.2, 0.25) is 0 Å². The number of Topliss-reactive ketones (excluding diaryl/α,β-unsaturated/α-hetero) is 1. The lowest BCUT2D eigenvalue weighted by atomic mass is 9.54. The average Bonchev–Trinajstić information content (AvgIpc) is 2.40.